The lowest BCUT2D eigenvalue weighted by molar-refractivity contribution is -0.175. The van der Waals surface area contributed by atoms with Crippen LogP contribution in [0.25, 0.3) is 22.3 Å². The summed E-state index contributed by atoms with van der Waals surface area (Å²) in [6.07, 6.45) is 2.46. The van der Waals surface area contributed by atoms with Gasteiger partial charge in [0.05, 0.1) is 35.5 Å². The number of dihydropyridines is 1. The first kappa shape index (κ1) is 23.6. The van der Waals surface area contributed by atoms with Crippen LogP contribution < -0.4 is 15.4 Å². The molecule has 0 amide bonds. The third-order valence-corrected chi connectivity index (χ3v) is 5.69. The first-order valence-electron chi connectivity index (χ1n) is 11.1. The van der Waals surface area contributed by atoms with Crippen molar-refractivity contribution in [2.24, 2.45) is 7.05 Å². The molecule has 10 heteroatoms. The van der Waals surface area contributed by atoms with E-state index in [0.29, 0.717) is 40.5 Å². The number of alkyl halides is 3. The van der Waals surface area contributed by atoms with E-state index in [-0.39, 0.29) is 5.92 Å². The number of hydrogen-bond donors (Lipinski definition) is 2. The highest BCUT2D eigenvalue weighted by Crippen LogP contribution is 2.38. The number of anilines is 1. The molecular formula is C24H27F3N6O. The molecule has 3 aromatic rings. The smallest absolute Gasteiger partial charge is 0.416 e. The molecule has 0 aliphatic carbocycles. The van der Waals surface area contributed by atoms with E-state index in [4.69, 9.17) is 9.72 Å². The standard InChI is InChI=1S/C24H27F3N6O/c1-5-34-22-16(9-8-11-28-22)17-13-18(19-20(15(2)3)32-33(4)21(19)31-17)29-14-23(24(25,26)27)10-6-7-12-30-23/h6-13,15,30H,5,14H2,1-4H3,(H,29,31). The van der Waals surface area contributed by atoms with Crippen LogP contribution in [0.3, 0.4) is 0 Å². The quantitative estimate of drug-likeness (QED) is 0.507. The Balaban J connectivity index is 1.86. The molecule has 34 heavy (non-hydrogen) atoms. The normalized spacial score (nSPS) is 17.9. The fourth-order valence-corrected chi connectivity index (χ4v) is 3.94. The van der Waals surface area contributed by atoms with Gasteiger partial charge in [-0.1, -0.05) is 19.9 Å². The largest absolute Gasteiger partial charge is 0.477 e. The average Bonchev–Trinajstić information content (AvgIpc) is 3.15. The number of aromatic nitrogens is 4. The van der Waals surface area contributed by atoms with Crippen LogP contribution in [-0.2, 0) is 7.05 Å². The van der Waals surface area contributed by atoms with Gasteiger partial charge in [0.15, 0.2) is 11.2 Å². The minimum Gasteiger partial charge on any atom is -0.477 e. The van der Waals surface area contributed by atoms with Crippen LogP contribution in [0, 0.1) is 0 Å². The van der Waals surface area contributed by atoms with Crippen LogP contribution >= 0.6 is 0 Å². The lowest BCUT2D eigenvalue weighted by Crippen LogP contribution is -2.58. The number of nitrogens with one attached hydrogen (secondary N) is 2. The molecule has 0 spiro atoms. The van der Waals surface area contributed by atoms with Gasteiger partial charge in [-0.25, -0.2) is 9.97 Å². The zero-order valence-corrected chi connectivity index (χ0v) is 19.4. The maximum Gasteiger partial charge on any atom is 0.416 e. The number of rotatable bonds is 7. The molecule has 3 aromatic heterocycles. The topological polar surface area (TPSA) is 76.9 Å². The molecule has 0 bridgehead atoms. The Labute approximate surface area is 195 Å². The monoisotopic (exact) mass is 472 g/mol. The number of nitrogens with zero attached hydrogens (tertiary/aromatic N) is 4. The van der Waals surface area contributed by atoms with E-state index in [0.717, 1.165) is 11.8 Å². The van der Waals surface area contributed by atoms with Gasteiger partial charge < -0.3 is 15.4 Å². The van der Waals surface area contributed by atoms with Crippen molar-refractivity contribution in [2.45, 2.75) is 38.4 Å². The lowest BCUT2D eigenvalue weighted by Gasteiger charge is -2.35. The summed E-state index contributed by atoms with van der Waals surface area (Å²) in [5, 5.41) is 10.8. The summed E-state index contributed by atoms with van der Waals surface area (Å²) in [7, 11) is 1.77. The molecule has 7 nitrogen and oxygen atoms in total. The van der Waals surface area contributed by atoms with Gasteiger partial charge in [-0.05, 0) is 49.4 Å². The molecule has 2 N–H and O–H groups in total. The van der Waals surface area contributed by atoms with E-state index < -0.39 is 18.3 Å². The SMILES string of the molecule is CCOc1ncccc1-c1cc(NCC2(C(F)(F)F)C=CC=CN2)c2c(C(C)C)nn(C)c2n1. The van der Waals surface area contributed by atoms with Crippen LogP contribution in [0.1, 0.15) is 32.4 Å². The predicted octanol–water partition coefficient (Wildman–Crippen LogP) is 4.94. The van der Waals surface area contributed by atoms with Crippen LogP contribution in [-0.4, -0.2) is 44.6 Å². The van der Waals surface area contributed by atoms with Gasteiger partial charge >= 0.3 is 6.18 Å². The van der Waals surface area contributed by atoms with E-state index >= 15 is 0 Å². The number of fused-ring (bicyclic) bond motifs is 1. The average molecular weight is 473 g/mol. The lowest BCUT2D eigenvalue weighted by atomic mass is 9.95. The Morgan fingerprint density at radius 1 is 1.26 bits per heavy atom. The molecule has 0 aromatic carbocycles. The first-order valence-corrected chi connectivity index (χ1v) is 11.1. The van der Waals surface area contributed by atoms with Crippen molar-refractivity contribution in [1.29, 1.82) is 0 Å². The molecule has 1 atom stereocenters. The number of ether oxygens (including phenoxy) is 1. The molecule has 1 aliphatic heterocycles. The Kier molecular flexibility index (Phi) is 6.24. The minimum absolute atomic E-state index is 0.0430. The number of halogens is 3. The summed E-state index contributed by atoms with van der Waals surface area (Å²) >= 11 is 0. The second-order valence-electron chi connectivity index (χ2n) is 8.39. The number of pyridine rings is 2. The van der Waals surface area contributed by atoms with Gasteiger partial charge in [0.2, 0.25) is 5.88 Å². The van der Waals surface area contributed by atoms with Crippen LogP contribution in [0.5, 0.6) is 5.88 Å². The Hall–Kier alpha value is -3.56. The number of hydrogen-bond acceptors (Lipinski definition) is 6. The summed E-state index contributed by atoms with van der Waals surface area (Å²) < 4.78 is 49.5. The van der Waals surface area contributed by atoms with Gasteiger partial charge in [0.25, 0.3) is 0 Å². The van der Waals surface area contributed by atoms with E-state index in [2.05, 4.69) is 20.7 Å². The minimum atomic E-state index is -4.52. The molecule has 1 aliphatic rings. The van der Waals surface area contributed by atoms with E-state index in [1.807, 2.05) is 26.8 Å². The van der Waals surface area contributed by atoms with Crippen LogP contribution in [0.4, 0.5) is 18.9 Å². The summed E-state index contributed by atoms with van der Waals surface area (Å²) in [6, 6.07) is 5.33. The molecule has 0 saturated heterocycles. The van der Waals surface area contributed by atoms with E-state index in [9.17, 15) is 13.2 Å². The Morgan fingerprint density at radius 3 is 2.71 bits per heavy atom. The highest BCUT2D eigenvalue weighted by molar-refractivity contribution is 5.95. The van der Waals surface area contributed by atoms with Gasteiger partial charge in [-0.15, -0.1) is 0 Å². The summed E-state index contributed by atoms with van der Waals surface area (Å²) in [6.45, 7) is 5.82. The maximum absolute atomic E-state index is 14.1. The maximum atomic E-state index is 14.1. The van der Waals surface area contributed by atoms with E-state index in [1.54, 1.807) is 30.1 Å². The van der Waals surface area contributed by atoms with Gasteiger partial charge in [0.1, 0.15) is 0 Å². The van der Waals surface area contributed by atoms with Crippen molar-refractivity contribution >= 4 is 16.7 Å². The third-order valence-electron chi connectivity index (χ3n) is 5.69. The van der Waals surface area contributed by atoms with Crippen molar-refractivity contribution in [2.75, 3.05) is 18.5 Å². The molecular weight excluding hydrogens is 445 g/mol. The summed E-state index contributed by atoms with van der Waals surface area (Å²) in [4.78, 5) is 9.08. The highest BCUT2D eigenvalue weighted by atomic mass is 19.4. The Morgan fingerprint density at radius 2 is 2.06 bits per heavy atom. The predicted molar refractivity (Wildman–Crippen MR) is 126 cm³/mol. The second-order valence-corrected chi connectivity index (χ2v) is 8.39. The van der Waals surface area contributed by atoms with Crippen molar-refractivity contribution in [1.82, 2.24) is 25.1 Å². The molecule has 1 unspecified atom stereocenters. The fourth-order valence-electron chi connectivity index (χ4n) is 3.94. The van der Waals surface area contributed by atoms with Crippen molar-refractivity contribution in [3.63, 3.8) is 0 Å². The number of allylic oxidation sites excluding steroid dienone is 2. The molecule has 4 heterocycles. The van der Waals surface area contributed by atoms with Gasteiger partial charge in [0, 0.05) is 18.9 Å². The zero-order valence-electron chi connectivity index (χ0n) is 19.4. The first-order chi connectivity index (χ1) is 16.2. The molecule has 180 valence electrons. The fraction of sp³-hybridized carbons (Fsp3) is 0.375. The zero-order chi connectivity index (χ0) is 24.5. The van der Waals surface area contributed by atoms with Gasteiger partial charge in [-0.2, -0.15) is 18.3 Å². The number of aryl methyl sites for hydroxylation is 1. The highest BCUT2D eigenvalue weighted by Gasteiger charge is 2.53. The van der Waals surface area contributed by atoms with Gasteiger partial charge in [-0.3, -0.25) is 4.68 Å². The third kappa shape index (κ3) is 4.20. The molecule has 4 rings (SSSR count). The van der Waals surface area contributed by atoms with Crippen molar-refractivity contribution in [3.05, 3.63) is 54.5 Å². The van der Waals surface area contributed by atoms with Crippen molar-refractivity contribution < 1.29 is 17.9 Å². The Bertz CT molecular complexity index is 1250. The molecule has 0 saturated carbocycles. The van der Waals surface area contributed by atoms with E-state index in [1.165, 1.54) is 18.4 Å². The van der Waals surface area contributed by atoms with Crippen LogP contribution in [0.2, 0.25) is 0 Å². The molecule has 0 fully saturated rings. The molecule has 0 radical (unpaired) electrons. The second kappa shape index (κ2) is 9.00. The summed E-state index contributed by atoms with van der Waals surface area (Å²) in [5.41, 5.74) is 0.745. The van der Waals surface area contributed by atoms with Crippen molar-refractivity contribution in [3.8, 4) is 17.1 Å². The van der Waals surface area contributed by atoms with Crippen LogP contribution in [0.15, 0.2) is 48.8 Å². The summed E-state index contributed by atoms with van der Waals surface area (Å²) in [5.74, 6) is 0.448.